The van der Waals surface area contributed by atoms with E-state index in [-0.39, 0.29) is 24.4 Å². The van der Waals surface area contributed by atoms with Crippen LogP contribution >= 0.6 is 12.4 Å². The second-order valence-corrected chi connectivity index (χ2v) is 8.17. The van der Waals surface area contributed by atoms with E-state index in [4.69, 9.17) is 5.73 Å². The predicted octanol–water partition coefficient (Wildman–Crippen LogP) is 2.51. The quantitative estimate of drug-likeness (QED) is 0.778. The summed E-state index contributed by atoms with van der Waals surface area (Å²) in [4.78, 5) is 30.8. The molecule has 148 valence electrons. The first-order valence-electron chi connectivity index (χ1n) is 9.91. The van der Waals surface area contributed by atoms with E-state index in [9.17, 15) is 9.59 Å². The minimum Gasteiger partial charge on any atom is -0.365 e. The molecular formula is C20H29ClN4O2. The van der Waals surface area contributed by atoms with Gasteiger partial charge in [0, 0.05) is 31.6 Å². The molecule has 2 saturated carbocycles. The number of hydrogen-bond donors (Lipinski definition) is 2. The third-order valence-electron chi connectivity index (χ3n) is 6.24. The number of carbonyl (C=O) groups excluding carboxylic acids is 2. The summed E-state index contributed by atoms with van der Waals surface area (Å²) in [5.41, 5.74) is 5.98. The number of nitrogens with one attached hydrogen (secondary N) is 1. The maximum Gasteiger partial charge on any atom is 0.252 e. The topological polar surface area (TPSA) is 88.3 Å². The molecule has 1 aliphatic heterocycles. The van der Waals surface area contributed by atoms with Crippen molar-refractivity contribution in [1.82, 2.24) is 10.3 Å². The van der Waals surface area contributed by atoms with Crippen LogP contribution in [0.3, 0.4) is 0 Å². The van der Waals surface area contributed by atoms with Crippen molar-refractivity contribution in [2.75, 3.05) is 18.0 Å². The molecule has 2 atom stereocenters. The average Bonchev–Trinajstić information content (AvgIpc) is 3.18. The number of pyridine rings is 1. The minimum atomic E-state index is -0.454. The lowest BCUT2D eigenvalue weighted by molar-refractivity contribution is -0.122. The molecule has 27 heavy (non-hydrogen) atoms. The van der Waals surface area contributed by atoms with Gasteiger partial charge in [-0.3, -0.25) is 9.59 Å². The highest BCUT2D eigenvalue weighted by Crippen LogP contribution is 2.42. The van der Waals surface area contributed by atoms with Crippen LogP contribution in [0.15, 0.2) is 18.3 Å². The molecule has 2 aliphatic carbocycles. The molecule has 1 saturated heterocycles. The molecule has 0 radical (unpaired) electrons. The van der Waals surface area contributed by atoms with Gasteiger partial charge in [0.1, 0.15) is 5.82 Å². The zero-order valence-electron chi connectivity index (χ0n) is 15.6. The first-order valence-corrected chi connectivity index (χ1v) is 9.91. The monoisotopic (exact) mass is 392 g/mol. The summed E-state index contributed by atoms with van der Waals surface area (Å²) in [7, 11) is 0. The molecule has 2 heterocycles. The van der Waals surface area contributed by atoms with E-state index in [1.807, 2.05) is 0 Å². The third kappa shape index (κ3) is 4.54. The molecule has 0 aromatic carbocycles. The molecule has 1 aromatic rings. The van der Waals surface area contributed by atoms with Crippen LogP contribution < -0.4 is 16.0 Å². The fraction of sp³-hybridized carbons (Fsp3) is 0.650. The Morgan fingerprint density at radius 3 is 2.59 bits per heavy atom. The molecule has 0 unspecified atom stereocenters. The van der Waals surface area contributed by atoms with E-state index in [0.717, 1.165) is 6.54 Å². The standard InChI is InChI=1S/C20H28N4O2.ClH/c21-19(26)15-6-3-9-22-20(15)24-11-16(14-7-8-14)17(12-24)23-18(25)10-13-4-1-2-5-13;/h3,6,9,13-14,16-17H,1-2,4-5,7-8,10-12H2,(H2,21,26)(H,23,25);1H/t16-,17+;/m1./s1. The van der Waals surface area contributed by atoms with Crippen LogP contribution in [-0.2, 0) is 4.79 Å². The van der Waals surface area contributed by atoms with Crippen molar-refractivity contribution in [3.8, 4) is 0 Å². The fourth-order valence-corrected chi connectivity index (χ4v) is 4.74. The fourth-order valence-electron chi connectivity index (χ4n) is 4.74. The highest BCUT2D eigenvalue weighted by molar-refractivity contribution is 5.97. The highest BCUT2D eigenvalue weighted by Gasteiger charge is 2.44. The number of anilines is 1. The van der Waals surface area contributed by atoms with E-state index in [1.165, 1.54) is 38.5 Å². The molecule has 3 fully saturated rings. The second kappa shape index (κ2) is 8.46. The summed E-state index contributed by atoms with van der Waals surface area (Å²) in [5, 5.41) is 3.30. The van der Waals surface area contributed by atoms with Gasteiger partial charge in [0.15, 0.2) is 0 Å². The zero-order chi connectivity index (χ0) is 18.1. The van der Waals surface area contributed by atoms with Crippen LogP contribution in [-0.4, -0.2) is 35.9 Å². The van der Waals surface area contributed by atoms with Crippen LogP contribution in [0.1, 0.15) is 55.3 Å². The normalized spacial score (nSPS) is 25.3. The number of nitrogens with two attached hydrogens (primary N) is 1. The van der Waals surface area contributed by atoms with Gasteiger partial charge in [0.2, 0.25) is 5.91 Å². The Kier molecular flexibility index (Phi) is 6.25. The number of carbonyl (C=O) groups is 2. The van der Waals surface area contributed by atoms with Gasteiger partial charge in [-0.25, -0.2) is 4.98 Å². The van der Waals surface area contributed by atoms with Gasteiger partial charge in [-0.15, -0.1) is 12.4 Å². The molecule has 1 aromatic heterocycles. The number of nitrogens with zero attached hydrogens (tertiary/aromatic N) is 2. The number of primary amides is 1. The predicted molar refractivity (Wildman–Crippen MR) is 107 cm³/mol. The Hall–Kier alpha value is -1.82. The summed E-state index contributed by atoms with van der Waals surface area (Å²) >= 11 is 0. The van der Waals surface area contributed by atoms with Gasteiger partial charge in [0.05, 0.1) is 11.6 Å². The molecule has 3 N–H and O–H groups in total. The Morgan fingerprint density at radius 2 is 1.93 bits per heavy atom. The molecule has 4 rings (SSSR count). The van der Waals surface area contributed by atoms with Gasteiger partial charge in [-0.05, 0) is 49.7 Å². The summed E-state index contributed by atoms with van der Waals surface area (Å²) < 4.78 is 0. The first kappa shape index (κ1) is 19.9. The van der Waals surface area contributed by atoms with Crippen molar-refractivity contribution in [3.05, 3.63) is 23.9 Å². The Labute approximate surface area is 166 Å². The van der Waals surface area contributed by atoms with E-state index in [2.05, 4.69) is 15.2 Å². The lowest BCUT2D eigenvalue weighted by Gasteiger charge is -2.20. The maximum absolute atomic E-state index is 12.5. The lowest BCUT2D eigenvalue weighted by atomic mass is 9.97. The van der Waals surface area contributed by atoms with Crippen molar-refractivity contribution in [2.24, 2.45) is 23.5 Å². The van der Waals surface area contributed by atoms with Gasteiger partial charge in [-0.2, -0.15) is 0 Å². The van der Waals surface area contributed by atoms with Crippen LogP contribution in [0.5, 0.6) is 0 Å². The molecule has 2 amide bonds. The summed E-state index contributed by atoms with van der Waals surface area (Å²) in [5.74, 6) is 2.06. The third-order valence-corrected chi connectivity index (χ3v) is 6.24. The largest absolute Gasteiger partial charge is 0.365 e. The number of aromatic nitrogens is 1. The lowest BCUT2D eigenvalue weighted by Crippen LogP contribution is -2.41. The number of halogens is 1. The number of rotatable bonds is 6. The number of amides is 2. The molecular weight excluding hydrogens is 364 g/mol. The van der Waals surface area contributed by atoms with Gasteiger partial charge < -0.3 is 16.0 Å². The van der Waals surface area contributed by atoms with Gasteiger partial charge >= 0.3 is 0 Å². The summed E-state index contributed by atoms with van der Waals surface area (Å²) in [6.07, 6.45) is 9.71. The SMILES string of the molecule is Cl.NC(=O)c1cccnc1N1C[C@H](NC(=O)CC2CCCC2)[C@@H](C2CC2)C1. The smallest absolute Gasteiger partial charge is 0.252 e. The van der Waals surface area contributed by atoms with E-state index in [0.29, 0.717) is 42.1 Å². The first-order chi connectivity index (χ1) is 12.6. The molecule has 0 spiro atoms. The van der Waals surface area contributed by atoms with E-state index >= 15 is 0 Å². The van der Waals surface area contributed by atoms with Crippen LogP contribution in [0.25, 0.3) is 0 Å². The van der Waals surface area contributed by atoms with Crippen molar-refractivity contribution >= 4 is 30.0 Å². The number of hydrogen-bond acceptors (Lipinski definition) is 4. The molecule has 6 nitrogen and oxygen atoms in total. The molecule has 0 bridgehead atoms. The minimum absolute atomic E-state index is 0. The van der Waals surface area contributed by atoms with Crippen molar-refractivity contribution in [1.29, 1.82) is 0 Å². The molecule has 3 aliphatic rings. The summed E-state index contributed by atoms with van der Waals surface area (Å²) in [6, 6.07) is 3.60. The van der Waals surface area contributed by atoms with Gasteiger partial charge in [-0.1, -0.05) is 12.8 Å². The van der Waals surface area contributed by atoms with Gasteiger partial charge in [0.25, 0.3) is 5.91 Å². The van der Waals surface area contributed by atoms with Crippen molar-refractivity contribution in [2.45, 2.75) is 51.0 Å². The van der Waals surface area contributed by atoms with Crippen LogP contribution in [0.2, 0.25) is 0 Å². The average molecular weight is 393 g/mol. The van der Waals surface area contributed by atoms with Crippen molar-refractivity contribution in [3.63, 3.8) is 0 Å². The van der Waals surface area contributed by atoms with Crippen molar-refractivity contribution < 1.29 is 9.59 Å². The Balaban J connectivity index is 0.00000210. The molecule has 7 heteroatoms. The van der Waals surface area contributed by atoms with E-state index in [1.54, 1.807) is 18.3 Å². The second-order valence-electron chi connectivity index (χ2n) is 8.17. The maximum atomic E-state index is 12.5. The van der Waals surface area contributed by atoms with Crippen LogP contribution in [0, 0.1) is 17.8 Å². The Bertz CT molecular complexity index is 688. The van der Waals surface area contributed by atoms with Crippen LogP contribution in [0.4, 0.5) is 5.82 Å². The summed E-state index contributed by atoms with van der Waals surface area (Å²) in [6.45, 7) is 1.53. The zero-order valence-corrected chi connectivity index (χ0v) is 16.4. The Morgan fingerprint density at radius 1 is 1.19 bits per heavy atom. The highest BCUT2D eigenvalue weighted by atomic mass is 35.5. The van der Waals surface area contributed by atoms with E-state index < -0.39 is 5.91 Å².